The molecule has 0 fully saturated rings. The van der Waals surface area contributed by atoms with Crippen molar-refractivity contribution in [3.63, 3.8) is 0 Å². The molecule has 0 saturated carbocycles. The minimum absolute atomic E-state index is 0.788. The van der Waals surface area contributed by atoms with E-state index in [1.165, 1.54) is 16.5 Å². The van der Waals surface area contributed by atoms with Gasteiger partial charge in [0.1, 0.15) is 0 Å². The van der Waals surface area contributed by atoms with Gasteiger partial charge in [-0.2, -0.15) is 0 Å². The number of nitrogens with two attached hydrogens (primary N) is 1. The first-order valence-corrected chi connectivity index (χ1v) is 5.53. The lowest BCUT2D eigenvalue weighted by atomic mass is 9.99. The van der Waals surface area contributed by atoms with E-state index in [4.69, 9.17) is 5.73 Å². The predicted molar refractivity (Wildman–Crippen MR) is 71.6 cm³/mol. The van der Waals surface area contributed by atoms with E-state index in [9.17, 15) is 0 Å². The van der Waals surface area contributed by atoms with Crippen LogP contribution in [0.25, 0.3) is 21.9 Å². The number of hydrogen-bond acceptors (Lipinski definition) is 2. The molecule has 2 N–H and O–H groups in total. The van der Waals surface area contributed by atoms with Gasteiger partial charge in [-0.15, -0.1) is 0 Å². The van der Waals surface area contributed by atoms with Crippen molar-refractivity contribution in [2.24, 2.45) is 0 Å². The highest BCUT2D eigenvalue weighted by Crippen LogP contribution is 2.28. The van der Waals surface area contributed by atoms with Crippen LogP contribution in [0.1, 0.15) is 0 Å². The molecule has 0 radical (unpaired) electrons. The van der Waals surface area contributed by atoms with Crippen LogP contribution in [0, 0.1) is 0 Å². The first-order chi connectivity index (χ1) is 8.34. The van der Waals surface area contributed by atoms with E-state index in [-0.39, 0.29) is 0 Å². The van der Waals surface area contributed by atoms with Gasteiger partial charge in [0, 0.05) is 23.5 Å². The van der Waals surface area contributed by atoms with Crippen LogP contribution in [-0.2, 0) is 0 Å². The Morgan fingerprint density at radius 2 is 1.71 bits per heavy atom. The predicted octanol–water partition coefficient (Wildman–Crippen LogP) is 3.48. The number of rotatable bonds is 1. The minimum atomic E-state index is 0.788. The maximum absolute atomic E-state index is 5.71. The van der Waals surface area contributed by atoms with Crippen molar-refractivity contribution in [2.75, 3.05) is 5.73 Å². The second kappa shape index (κ2) is 3.91. The van der Waals surface area contributed by atoms with E-state index in [0.29, 0.717) is 0 Å². The van der Waals surface area contributed by atoms with Crippen LogP contribution in [0.4, 0.5) is 5.69 Å². The lowest BCUT2D eigenvalue weighted by molar-refractivity contribution is 1.36. The Labute approximate surface area is 99.7 Å². The number of nitrogen functional groups attached to an aromatic ring is 1. The molecule has 17 heavy (non-hydrogen) atoms. The number of anilines is 1. The molecule has 0 aliphatic carbocycles. The van der Waals surface area contributed by atoms with E-state index in [1.54, 1.807) is 0 Å². The Bertz CT molecular complexity index is 652. The van der Waals surface area contributed by atoms with Crippen LogP contribution >= 0.6 is 0 Å². The summed E-state index contributed by atoms with van der Waals surface area (Å²) in [6.45, 7) is 0. The molecule has 0 spiro atoms. The van der Waals surface area contributed by atoms with E-state index in [1.807, 2.05) is 42.7 Å². The summed E-state index contributed by atoms with van der Waals surface area (Å²) in [7, 11) is 0. The number of hydrogen-bond donors (Lipinski definition) is 1. The van der Waals surface area contributed by atoms with Gasteiger partial charge in [0.05, 0.1) is 0 Å². The van der Waals surface area contributed by atoms with Crippen molar-refractivity contribution >= 4 is 16.5 Å². The molecule has 3 rings (SSSR count). The van der Waals surface area contributed by atoms with Gasteiger partial charge in [0.2, 0.25) is 0 Å². The highest BCUT2D eigenvalue weighted by molar-refractivity contribution is 5.96. The Morgan fingerprint density at radius 1 is 0.882 bits per heavy atom. The van der Waals surface area contributed by atoms with Crippen LogP contribution in [0.2, 0.25) is 0 Å². The van der Waals surface area contributed by atoms with E-state index in [0.717, 1.165) is 11.1 Å². The van der Waals surface area contributed by atoms with E-state index in [2.05, 4.69) is 23.2 Å². The molecule has 82 valence electrons. The SMILES string of the molecule is Nc1ccc(-c2cccc3cnccc23)cc1. The molecular formula is C15H12N2. The summed E-state index contributed by atoms with van der Waals surface area (Å²) >= 11 is 0. The topological polar surface area (TPSA) is 38.9 Å². The van der Waals surface area contributed by atoms with Crippen LogP contribution in [0.15, 0.2) is 60.9 Å². The summed E-state index contributed by atoms with van der Waals surface area (Å²) in [6, 6.07) is 16.2. The largest absolute Gasteiger partial charge is 0.399 e. The Morgan fingerprint density at radius 3 is 2.53 bits per heavy atom. The maximum Gasteiger partial charge on any atom is 0.0346 e. The Kier molecular flexibility index (Phi) is 2.26. The lowest BCUT2D eigenvalue weighted by Gasteiger charge is -2.06. The van der Waals surface area contributed by atoms with Crippen molar-refractivity contribution < 1.29 is 0 Å². The second-order valence-corrected chi connectivity index (χ2v) is 4.02. The smallest absolute Gasteiger partial charge is 0.0346 e. The third-order valence-electron chi connectivity index (χ3n) is 2.90. The quantitative estimate of drug-likeness (QED) is 0.637. The highest BCUT2D eigenvalue weighted by atomic mass is 14.6. The fourth-order valence-electron chi connectivity index (χ4n) is 2.04. The summed E-state index contributed by atoms with van der Waals surface area (Å²) in [5.74, 6) is 0. The van der Waals surface area contributed by atoms with Crippen molar-refractivity contribution in [1.29, 1.82) is 0 Å². The molecule has 1 aromatic heterocycles. The van der Waals surface area contributed by atoms with Gasteiger partial charge in [-0.05, 0) is 34.7 Å². The molecule has 0 saturated heterocycles. The number of nitrogens with zero attached hydrogens (tertiary/aromatic N) is 1. The third kappa shape index (κ3) is 1.74. The standard InChI is InChI=1S/C15H12N2/c16-13-6-4-11(5-7-13)14-3-1-2-12-10-17-9-8-15(12)14/h1-10H,16H2. The van der Waals surface area contributed by atoms with E-state index < -0.39 is 0 Å². The summed E-state index contributed by atoms with van der Waals surface area (Å²) in [4.78, 5) is 4.14. The Hall–Kier alpha value is -2.35. The van der Waals surface area contributed by atoms with Gasteiger partial charge >= 0.3 is 0 Å². The second-order valence-electron chi connectivity index (χ2n) is 4.02. The summed E-state index contributed by atoms with van der Waals surface area (Å²) < 4.78 is 0. The molecule has 2 nitrogen and oxygen atoms in total. The summed E-state index contributed by atoms with van der Waals surface area (Å²) in [6.07, 6.45) is 3.71. The van der Waals surface area contributed by atoms with Crippen LogP contribution in [0.5, 0.6) is 0 Å². The van der Waals surface area contributed by atoms with Crippen molar-refractivity contribution in [3.05, 3.63) is 60.9 Å². The molecule has 0 amide bonds. The summed E-state index contributed by atoms with van der Waals surface area (Å²) in [5, 5.41) is 2.37. The minimum Gasteiger partial charge on any atom is -0.399 e. The molecule has 0 atom stereocenters. The average molecular weight is 220 g/mol. The number of pyridine rings is 1. The van der Waals surface area contributed by atoms with Crippen molar-refractivity contribution in [3.8, 4) is 11.1 Å². The zero-order chi connectivity index (χ0) is 11.7. The number of fused-ring (bicyclic) bond motifs is 1. The fraction of sp³-hybridized carbons (Fsp3) is 0. The molecule has 0 unspecified atom stereocenters. The maximum atomic E-state index is 5.71. The van der Waals surface area contributed by atoms with Gasteiger partial charge in [-0.25, -0.2) is 0 Å². The van der Waals surface area contributed by atoms with Gasteiger partial charge in [0.25, 0.3) is 0 Å². The molecule has 0 bridgehead atoms. The molecule has 2 heteroatoms. The number of aromatic nitrogens is 1. The average Bonchev–Trinajstić information content (AvgIpc) is 2.39. The molecule has 2 aromatic carbocycles. The summed E-state index contributed by atoms with van der Waals surface area (Å²) in [5.41, 5.74) is 8.88. The molecule has 3 aromatic rings. The first-order valence-electron chi connectivity index (χ1n) is 5.53. The van der Waals surface area contributed by atoms with Crippen molar-refractivity contribution in [1.82, 2.24) is 4.98 Å². The third-order valence-corrected chi connectivity index (χ3v) is 2.90. The van der Waals surface area contributed by atoms with Gasteiger partial charge in [-0.1, -0.05) is 30.3 Å². The fourth-order valence-corrected chi connectivity index (χ4v) is 2.04. The van der Waals surface area contributed by atoms with Gasteiger partial charge in [0.15, 0.2) is 0 Å². The van der Waals surface area contributed by atoms with Crippen LogP contribution < -0.4 is 5.73 Å². The number of benzene rings is 2. The van der Waals surface area contributed by atoms with Crippen LogP contribution in [0.3, 0.4) is 0 Å². The van der Waals surface area contributed by atoms with Gasteiger partial charge < -0.3 is 5.73 Å². The molecule has 0 aliphatic rings. The van der Waals surface area contributed by atoms with Crippen LogP contribution in [-0.4, -0.2) is 4.98 Å². The van der Waals surface area contributed by atoms with Gasteiger partial charge in [-0.3, -0.25) is 4.98 Å². The van der Waals surface area contributed by atoms with E-state index >= 15 is 0 Å². The lowest BCUT2D eigenvalue weighted by Crippen LogP contribution is -1.85. The Balaban J connectivity index is 2.27. The van der Waals surface area contributed by atoms with Crippen molar-refractivity contribution in [2.45, 2.75) is 0 Å². The highest BCUT2D eigenvalue weighted by Gasteiger charge is 2.02. The molecular weight excluding hydrogens is 208 g/mol. The first kappa shape index (κ1) is 9.85. The zero-order valence-electron chi connectivity index (χ0n) is 9.30. The monoisotopic (exact) mass is 220 g/mol. The zero-order valence-corrected chi connectivity index (χ0v) is 9.30. The molecule has 1 heterocycles. The normalized spacial score (nSPS) is 10.6. The molecule has 0 aliphatic heterocycles.